The molecule has 0 bridgehead atoms. The van der Waals surface area contributed by atoms with E-state index in [-0.39, 0.29) is 6.61 Å². The first kappa shape index (κ1) is 8.59. The molecular weight excluding hydrogens is 134 g/mol. The van der Waals surface area contributed by atoms with E-state index < -0.39 is 0 Å². The molecule has 1 heterocycles. The summed E-state index contributed by atoms with van der Waals surface area (Å²) in [6, 6.07) is 0. The molecule has 9 heavy (non-hydrogen) atoms. The second kappa shape index (κ2) is 5.72. The van der Waals surface area contributed by atoms with E-state index in [9.17, 15) is 0 Å². The number of thiazole rings is 1. The summed E-state index contributed by atoms with van der Waals surface area (Å²) in [5, 5.41) is 11.0. The number of rotatable bonds is 1. The fraction of sp³-hybridized carbons (Fsp3) is 0.500. The standard InChI is InChI=1S/C4H5NOS.C2H6/c6-3-4-5-1-2-7-4;1-2/h1-2,6H,3H2;1-2H3. The molecule has 0 radical (unpaired) electrons. The van der Waals surface area contributed by atoms with Crippen molar-refractivity contribution >= 4 is 11.3 Å². The number of aromatic nitrogens is 1. The van der Waals surface area contributed by atoms with Gasteiger partial charge in [0.05, 0.1) is 6.61 Å². The first-order chi connectivity index (χ1) is 4.43. The van der Waals surface area contributed by atoms with Crippen LogP contribution in [0.3, 0.4) is 0 Å². The van der Waals surface area contributed by atoms with Crippen LogP contribution in [0.25, 0.3) is 0 Å². The number of hydrogen-bond donors (Lipinski definition) is 1. The summed E-state index contributed by atoms with van der Waals surface area (Å²) in [5.41, 5.74) is 0. The molecule has 1 aromatic heterocycles. The molecule has 0 aliphatic heterocycles. The Morgan fingerprint density at radius 3 is 2.56 bits per heavy atom. The summed E-state index contributed by atoms with van der Waals surface area (Å²) in [6.07, 6.45) is 1.68. The normalized spacial score (nSPS) is 7.89. The summed E-state index contributed by atoms with van der Waals surface area (Å²) in [4.78, 5) is 3.80. The summed E-state index contributed by atoms with van der Waals surface area (Å²) in [7, 11) is 0. The maximum absolute atomic E-state index is 8.37. The van der Waals surface area contributed by atoms with Gasteiger partial charge in [0, 0.05) is 11.6 Å². The Labute approximate surface area is 59.2 Å². The third-order valence-corrected chi connectivity index (χ3v) is 1.38. The summed E-state index contributed by atoms with van der Waals surface area (Å²) < 4.78 is 0. The lowest BCUT2D eigenvalue weighted by Crippen LogP contribution is -1.75. The largest absolute Gasteiger partial charge is 0.389 e. The molecule has 0 saturated carbocycles. The molecule has 0 aliphatic carbocycles. The zero-order valence-electron chi connectivity index (χ0n) is 5.66. The molecule has 1 rings (SSSR count). The Morgan fingerprint density at radius 1 is 1.67 bits per heavy atom. The molecule has 0 spiro atoms. The van der Waals surface area contributed by atoms with Crippen molar-refractivity contribution in [3.8, 4) is 0 Å². The van der Waals surface area contributed by atoms with Crippen LogP contribution in [-0.4, -0.2) is 10.1 Å². The van der Waals surface area contributed by atoms with Crippen molar-refractivity contribution in [1.29, 1.82) is 0 Å². The third kappa shape index (κ3) is 3.21. The van der Waals surface area contributed by atoms with E-state index in [1.807, 2.05) is 19.2 Å². The van der Waals surface area contributed by atoms with Crippen LogP contribution < -0.4 is 0 Å². The average Bonchev–Trinajstić information content (AvgIpc) is 2.43. The van der Waals surface area contributed by atoms with Gasteiger partial charge in [-0.25, -0.2) is 4.98 Å². The van der Waals surface area contributed by atoms with E-state index in [1.165, 1.54) is 11.3 Å². The van der Waals surface area contributed by atoms with Crippen molar-refractivity contribution in [2.45, 2.75) is 20.5 Å². The van der Waals surface area contributed by atoms with E-state index in [1.54, 1.807) is 6.20 Å². The Kier molecular flexibility index (Phi) is 5.46. The van der Waals surface area contributed by atoms with E-state index in [2.05, 4.69) is 4.98 Å². The summed E-state index contributed by atoms with van der Waals surface area (Å²) >= 11 is 1.46. The minimum Gasteiger partial charge on any atom is -0.389 e. The first-order valence-corrected chi connectivity index (χ1v) is 3.80. The number of nitrogens with zero attached hydrogens (tertiary/aromatic N) is 1. The molecule has 52 valence electrons. The second-order valence-electron chi connectivity index (χ2n) is 1.08. The van der Waals surface area contributed by atoms with Gasteiger partial charge < -0.3 is 5.11 Å². The Hall–Kier alpha value is -0.410. The fourth-order valence-electron chi connectivity index (χ4n) is 0.331. The van der Waals surface area contributed by atoms with Gasteiger partial charge in [-0.1, -0.05) is 13.8 Å². The van der Waals surface area contributed by atoms with Gasteiger partial charge in [-0.15, -0.1) is 11.3 Å². The van der Waals surface area contributed by atoms with E-state index in [0.717, 1.165) is 5.01 Å². The molecule has 0 aromatic carbocycles. The number of aliphatic hydroxyl groups is 1. The van der Waals surface area contributed by atoms with Gasteiger partial charge in [-0.2, -0.15) is 0 Å². The van der Waals surface area contributed by atoms with E-state index in [0.29, 0.717) is 0 Å². The molecule has 3 heteroatoms. The van der Waals surface area contributed by atoms with Crippen LogP contribution in [0.5, 0.6) is 0 Å². The SMILES string of the molecule is CC.OCc1nccs1. The highest BCUT2D eigenvalue weighted by atomic mass is 32.1. The lowest BCUT2D eigenvalue weighted by atomic mass is 10.8. The zero-order chi connectivity index (χ0) is 7.11. The van der Waals surface area contributed by atoms with Gasteiger partial charge in [0.2, 0.25) is 0 Å². The van der Waals surface area contributed by atoms with Crippen molar-refractivity contribution in [3.05, 3.63) is 16.6 Å². The first-order valence-electron chi connectivity index (χ1n) is 2.92. The summed E-state index contributed by atoms with van der Waals surface area (Å²) in [6.45, 7) is 4.07. The molecule has 0 amide bonds. The summed E-state index contributed by atoms with van der Waals surface area (Å²) in [5.74, 6) is 0. The van der Waals surface area contributed by atoms with Crippen molar-refractivity contribution in [2.24, 2.45) is 0 Å². The van der Waals surface area contributed by atoms with E-state index >= 15 is 0 Å². The molecule has 0 unspecified atom stereocenters. The molecule has 1 aromatic rings. The highest BCUT2D eigenvalue weighted by Gasteiger charge is 1.85. The highest BCUT2D eigenvalue weighted by Crippen LogP contribution is 2.01. The predicted molar refractivity (Wildman–Crippen MR) is 39.4 cm³/mol. The second-order valence-corrected chi connectivity index (χ2v) is 2.06. The number of hydrogen-bond acceptors (Lipinski definition) is 3. The van der Waals surface area contributed by atoms with Gasteiger partial charge in [0.1, 0.15) is 5.01 Å². The minimum absolute atomic E-state index is 0.0671. The smallest absolute Gasteiger partial charge is 0.118 e. The number of aliphatic hydroxyl groups excluding tert-OH is 1. The van der Waals surface area contributed by atoms with Gasteiger partial charge in [0.25, 0.3) is 0 Å². The van der Waals surface area contributed by atoms with Gasteiger partial charge >= 0.3 is 0 Å². The Balaban J connectivity index is 0.000000291. The van der Waals surface area contributed by atoms with Gasteiger partial charge in [0.15, 0.2) is 0 Å². The van der Waals surface area contributed by atoms with Crippen LogP contribution in [0.1, 0.15) is 18.9 Å². The molecule has 0 atom stereocenters. The van der Waals surface area contributed by atoms with Crippen molar-refractivity contribution in [2.75, 3.05) is 0 Å². The maximum Gasteiger partial charge on any atom is 0.118 e. The third-order valence-electron chi connectivity index (χ3n) is 0.619. The van der Waals surface area contributed by atoms with Crippen LogP contribution in [-0.2, 0) is 6.61 Å². The topological polar surface area (TPSA) is 33.1 Å². The quantitative estimate of drug-likeness (QED) is 0.652. The Morgan fingerprint density at radius 2 is 2.33 bits per heavy atom. The lowest BCUT2D eigenvalue weighted by Gasteiger charge is -1.77. The monoisotopic (exact) mass is 145 g/mol. The predicted octanol–water partition coefficient (Wildman–Crippen LogP) is 1.66. The maximum atomic E-state index is 8.37. The molecule has 1 N–H and O–H groups in total. The van der Waals surface area contributed by atoms with Crippen LogP contribution in [0, 0.1) is 0 Å². The molecule has 2 nitrogen and oxygen atoms in total. The lowest BCUT2D eigenvalue weighted by molar-refractivity contribution is 0.281. The fourth-order valence-corrected chi connectivity index (χ4v) is 0.806. The molecule has 0 fully saturated rings. The van der Waals surface area contributed by atoms with Crippen LogP contribution in [0.15, 0.2) is 11.6 Å². The van der Waals surface area contributed by atoms with Crippen molar-refractivity contribution in [3.63, 3.8) is 0 Å². The van der Waals surface area contributed by atoms with Crippen molar-refractivity contribution in [1.82, 2.24) is 4.98 Å². The minimum atomic E-state index is 0.0671. The average molecular weight is 145 g/mol. The molecule has 0 saturated heterocycles. The highest BCUT2D eigenvalue weighted by molar-refractivity contribution is 7.09. The van der Waals surface area contributed by atoms with Gasteiger partial charge in [-0.3, -0.25) is 0 Å². The van der Waals surface area contributed by atoms with Gasteiger partial charge in [-0.05, 0) is 0 Å². The zero-order valence-corrected chi connectivity index (χ0v) is 6.48. The van der Waals surface area contributed by atoms with Crippen LogP contribution in [0.2, 0.25) is 0 Å². The molecular formula is C6H11NOS. The Bertz CT molecular complexity index is 128. The van der Waals surface area contributed by atoms with Crippen molar-refractivity contribution < 1.29 is 5.11 Å². The van der Waals surface area contributed by atoms with E-state index in [4.69, 9.17) is 5.11 Å². The van der Waals surface area contributed by atoms with Crippen LogP contribution in [0.4, 0.5) is 0 Å². The molecule has 0 aliphatic rings. The van der Waals surface area contributed by atoms with Crippen LogP contribution >= 0.6 is 11.3 Å².